The molecule has 2 N–H and O–H groups in total. The van der Waals surface area contributed by atoms with Gasteiger partial charge in [-0.3, -0.25) is 0 Å². The van der Waals surface area contributed by atoms with Gasteiger partial charge in [0.25, 0.3) is 0 Å². The van der Waals surface area contributed by atoms with Gasteiger partial charge in [-0.1, -0.05) is 0 Å². The highest BCUT2D eigenvalue weighted by atomic mass is 15.1. The SMILES string of the molecule is CNc1nc2[nH]c(C)cc2c2c1ncn2C. The van der Waals surface area contributed by atoms with Gasteiger partial charge in [-0.2, -0.15) is 0 Å². The first-order valence-corrected chi connectivity index (χ1v) is 5.19. The van der Waals surface area contributed by atoms with Gasteiger partial charge < -0.3 is 14.9 Å². The third-order valence-corrected chi connectivity index (χ3v) is 2.81. The predicted molar refractivity (Wildman–Crippen MR) is 64.6 cm³/mol. The van der Waals surface area contributed by atoms with E-state index >= 15 is 0 Å². The first-order chi connectivity index (χ1) is 7.70. The van der Waals surface area contributed by atoms with Crippen LogP contribution in [0, 0.1) is 6.92 Å². The zero-order chi connectivity index (χ0) is 11.3. The summed E-state index contributed by atoms with van der Waals surface area (Å²) in [4.78, 5) is 12.1. The molecule has 0 atom stereocenters. The summed E-state index contributed by atoms with van der Waals surface area (Å²) in [6.45, 7) is 2.03. The Labute approximate surface area is 92.5 Å². The number of aryl methyl sites for hydroxylation is 2. The van der Waals surface area contributed by atoms with Gasteiger partial charge in [0.1, 0.15) is 11.2 Å². The van der Waals surface area contributed by atoms with Gasteiger partial charge in [0.05, 0.1) is 11.8 Å². The van der Waals surface area contributed by atoms with Crippen LogP contribution in [0.5, 0.6) is 0 Å². The average Bonchev–Trinajstić information content (AvgIpc) is 2.80. The molecule has 3 rings (SSSR count). The Morgan fingerprint density at radius 2 is 2.25 bits per heavy atom. The van der Waals surface area contributed by atoms with Crippen molar-refractivity contribution in [1.29, 1.82) is 0 Å². The first kappa shape index (κ1) is 9.21. The van der Waals surface area contributed by atoms with E-state index < -0.39 is 0 Å². The summed E-state index contributed by atoms with van der Waals surface area (Å²) < 4.78 is 2.02. The molecule has 0 spiro atoms. The number of hydrogen-bond acceptors (Lipinski definition) is 3. The molecule has 5 nitrogen and oxygen atoms in total. The van der Waals surface area contributed by atoms with E-state index in [1.165, 1.54) is 0 Å². The molecule has 3 heterocycles. The Balaban J connectivity index is 2.59. The lowest BCUT2D eigenvalue weighted by Gasteiger charge is -2.02. The third-order valence-electron chi connectivity index (χ3n) is 2.81. The summed E-state index contributed by atoms with van der Waals surface area (Å²) in [7, 11) is 3.86. The molecule has 16 heavy (non-hydrogen) atoms. The highest BCUT2D eigenvalue weighted by Gasteiger charge is 2.12. The number of nitrogens with zero attached hydrogens (tertiary/aromatic N) is 3. The Morgan fingerprint density at radius 1 is 1.44 bits per heavy atom. The fourth-order valence-corrected chi connectivity index (χ4v) is 2.10. The zero-order valence-corrected chi connectivity index (χ0v) is 9.50. The van der Waals surface area contributed by atoms with Gasteiger partial charge >= 0.3 is 0 Å². The quantitative estimate of drug-likeness (QED) is 0.650. The molecule has 0 saturated heterocycles. The molecule has 0 aliphatic heterocycles. The van der Waals surface area contributed by atoms with Crippen molar-refractivity contribution in [3.8, 4) is 0 Å². The number of aromatic nitrogens is 4. The number of anilines is 1. The van der Waals surface area contributed by atoms with Crippen molar-refractivity contribution < 1.29 is 0 Å². The molecule has 3 aromatic rings. The number of pyridine rings is 1. The van der Waals surface area contributed by atoms with Crippen LogP contribution in [0.1, 0.15) is 5.69 Å². The van der Waals surface area contributed by atoms with Crippen LogP contribution in [0.2, 0.25) is 0 Å². The summed E-state index contributed by atoms with van der Waals surface area (Å²) >= 11 is 0. The maximum atomic E-state index is 4.51. The largest absolute Gasteiger partial charge is 0.371 e. The van der Waals surface area contributed by atoms with Gasteiger partial charge in [-0.15, -0.1) is 0 Å². The molecular formula is C11H13N5. The summed E-state index contributed by atoms with van der Waals surface area (Å²) in [5, 5.41) is 4.19. The van der Waals surface area contributed by atoms with Crippen molar-refractivity contribution >= 4 is 27.9 Å². The lowest BCUT2D eigenvalue weighted by atomic mass is 10.2. The molecule has 5 heteroatoms. The van der Waals surface area contributed by atoms with E-state index in [1.807, 2.05) is 31.9 Å². The molecule has 0 fully saturated rings. The summed E-state index contributed by atoms with van der Waals surface area (Å²) in [6, 6.07) is 2.10. The molecule has 0 radical (unpaired) electrons. The van der Waals surface area contributed by atoms with Crippen LogP contribution in [0.3, 0.4) is 0 Å². The minimum Gasteiger partial charge on any atom is -0.371 e. The van der Waals surface area contributed by atoms with E-state index in [9.17, 15) is 0 Å². The van der Waals surface area contributed by atoms with E-state index in [1.54, 1.807) is 0 Å². The lowest BCUT2D eigenvalue weighted by Crippen LogP contribution is -1.95. The Morgan fingerprint density at radius 3 is 3.00 bits per heavy atom. The number of aromatic amines is 1. The maximum absolute atomic E-state index is 4.51. The number of imidazole rings is 1. The van der Waals surface area contributed by atoms with Crippen LogP contribution < -0.4 is 5.32 Å². The van der Waals surface area contributed by atoms with Crippen LogP contribution in [0.4, 0.5) is 5.82 Å². The molecule has 0 saturated carbocycles. The standard InChI is InChI=1S/C11H13N5/c1-6-4-7-9-8(13-5-16(9)3)11(12-2)15-10(7)14-6/h4-5H,1-3H3,(H2,12,14,15). The Bertz CT molecular complexity index is 676. The van der Waals surface area contributed by atoms with Gasteiger partial charge in [0.2, 0.25) is 0 Å². The maximum Gasteiger partial charge on any atom is 0.156 e. The normalized spacial score (nSPS) is 11.4. The molecule has 82 valence electrons. The predicted octanol–water partition coefficient (Wildman–Crippen LogP) is 1.80. The number of H-pyrrole nitrogens is 1. The van der Waals surface area contributed by atoms with Crippen LogP contribution in [0.25, 0.3) is 22.1 Å². The second kappa shape index (κ2) is 2.98. The summed E-state index contributed by atoms with van der Waals surface area (Å²) in [5.41, 5.74) is 4.03. The Kier molecular flexibility index (Phi) is 1.71. The number of rotatable bonds is 1. The van der Waals surface area contributed by atoms with E-state index in [0.717, 1.165) is 33.6 Å². The molecule has 0 bridgehead atoms. The van der Waals surface area contributed by atoms with E-state index in [0.29, 0.717) is 0 Å². The molecule has 0 aromatic carbocycles. The number of hydrogen-bond donors (Lipinski definition) is 2. The first-order valence-electron chi connectivity index (χ1n) is 5.19. The van der Waals surface area contributed by atoms with Gasteiger partial charge in [0.15, 0.2) is 5.82 Å². The highest BCUT2D eigenvalue weighted by Crippen LogP contribution is 2.27. The summed E-state index contributed by atoms with van der Waals surface area (Å²) in [5.74, 6) is 0.810. The van der Waals surface area contributed by atoms with Gasteiger partial charge in [0, 0.05) is 25.2 Å². The Hall–Kier alpha value is -2.04. The smallest absolute Gasteiger partial charge is 0.156 e. The van der Waals surface area contributed by atoms with Crippen LogP contribution >= 0.6 is 0 Å². The second-order valence-corrected chi connectivity index (χ2v) is 3.98. The fraction of sp³-hybridized carbons (Fsp3) is 0.273. The molecule has 3 aromatic heterocycles. The van der Waals surface area contributed by atoms with Crippen molar-refractivity contribution in [2.45, 2.75) is 6.92 Å². The number of nitrogens with one attached hydrogen (secondary N) is 2. The number of fused-ring (bicyclic) bond motifs is 3. The summed E-state index contributed by atoms with van der Waals surface area (Å²) in [6.07, 6.45) is 1.81. The van der Waals surface area contributed by atoms with E-state index in [4.69, 9.17) is 0 Å². The van der Waals surface area contributed by atoms with Crippen LogP contribution in [-0.2, 0) is 7.05 Å². The van der Waals surface area contributed by atoms with E-state index in [-0.39, 0.29) is 0 Å². The fourth-order valence-electron chi connectivity index (χ4n) is 2.10. The molecule has 0 amide bonds. The van der Waals surface area contributed by atoms with Crippen molar-refractivity contribution in [2.24, 2.45) is 7.05 Å². The average molecular weight is 215 g/mol. The van der Waals surface area contributed by atoms with Gasteiger partial charge in [-0.05, 0) is 13.0 Å². The second-order valence-electron chi connectivity index (χ2n) is 3.98. The van der Waals surface area contributed by atoms with Crippen molar-refractivity contribution in [3.63, 3.8) is 0 Å². The monoisotopic (exact) mass is 215 g/mol. The molecular weight excluding hydrogens is 202 g/mol. The lowest BCUT2D eigenvalue weighted by molar-refractivity contribution is 0.951. The van der Waals surface area contributed by atoms with Crippen LogP contribution in [0.15, 0.2) is 12.4 Å². The minimum atomic E-state index is 0.810. The topological polar surface area (TPSA) is 58.5 Å². The molecule has 0 aliphatic rings. The van der Waals surface area contributed by atoms with Gasteiger partial charge in [-0.25, -0.2) is 9.97 Å². The zero-order valence-electron chi connectivity index (χ0n) is 9.50. The minimum absolute atomic E-state index is 0.810. The van der Waals surface area contributed by atoms with E-state index in [2.05, 4.69) is 26.3 Å². The van der Waals surface area contributed by atoms with Crippen molar-refractivity contribution in [3.05, 3.63) is 18.1 Å². The van der Waals surface area contributed by atoms with Crippen molar-refractivity contribution in [2.75, 3.05) is 12.4 Å². The molecule has 0 aliphatic carbocycles. The highest BCUT2D eigenvalue weighted by molar-refractivity contribution is 6.06. The third kappa shape index (κ3) is 1.05. The van der Waals surface area contributed by atoms with Crippen molar-refractivity contribution in [1.82, 2.24) is 19.5 Å². The van der Waals surface area contributed by atoms with Crippen LogP contribution in [-0.4, -0.2) is 26.6 Å². The molecule has 0 unspecified atom stereocenters.